The van der Waals surface area contributed by atoms with E-state index in [1.54, 1.807) is 18.3 Å². The second-order valence-electron chi connectivity index (χ2n) is 8.44. The third kappa shape index (κ3) is 6.46. The van der Waals surface area contributed by atoms with Crippen molar-refractivity contribution in [1.82, 2.24) is 0 Å². The quantitative estimate of drug-likeness (QED) is 0.358. The van der Waals surface area contributed by atoms with Crippen molar-refractivity contribution in [3.63, 3.8) is 0 Å². The normalized spacial score (nSPS) is 12.4. The van der Waals surface area contributed by atoms with E-state index in [9.17, 15) is 26.7 Å². The molecule has 0 aliphatic carbocycles. The van der Waals surface area contributed by atoms with Crippen LogP contribution in [0.1, 0.15) is 43.1 Å². The van der Waals surface area contributed by atoms with Gasteiger partial charge in [-0.3, -0.25) is 9.63 Å². The van der Waals surface area contributed by atoms with Gasteiger partial charge in [0.15, 0.2) is 6.67 Å². The standard InChI is InChI=1S/C22H25ClF5N3O2/c1-20(2,3)22(27,28)7-8-29-18-11-16(21(25,26)13-24)17(23)10-15(18)19(32)30-14-6-5-9-31(12-14)33-4/h5-6,9-12H,7-8,13H2,1-4H3,(H-,29,30,32)/p+1. The molecular formula is C22H26ClF5N3O2+. The summed E-state index contributed by atoms with van der Waals surface area (Å²) in [6.45, 7) is 1.78. The van der Waals surface area contributed by atoms with Crippen LogP contribution in [0, 0.1) is 5.41 Å². The van der Waals surface area contributed by atoms with Gasteiger partial charge < -0.3 is 10.6 Å². The fourth-order valence-electron chi connectivity index (χ4n) is 2.83. The van der Waals surface area contributed by atoms with Crippen LogP contribution in [0.3, 0.4) is 0 Å². The maximum absolute atomic E-state index is 14.3. The predicted octanol–water partition coefficient (Wildman–Crippen LogP) is 5.48. The van der Waals surface area contributed by atoms with E-state index in [1.165, 1.54) is 38.8 Å². The number of amides is 1. The molecule has 11 heteroatoms. The first-order valence-corrected chi connectivity index (χ1v) is 10.4. The summed E-state index contributed by atoms with van der Waals surface area (Å²) in [4.78, 5) is 17.9. The smallest absolute Gasteiger partial charge is 0.302 e. The lowest BCUT2D eigenvalue weighted by Gasteiger charge is -2.30. The zero-order valence-corrected chi connectivity index (χ0v) is 19.4. The van der Waals surface area contributed by atoms with E-state index < -0.39 is 46.8 Å². The van der Waals surface area contributed by atoms with Gasteiger partial charge in [-0.15, -0.1) is 0 Å². The maximum atomic E-state index is 14.3. The molecule has 0 aliphatic rings. The van der Waals surface area contributed by atoms with Crippen LogP contribution in [0.4, 0.5) is 33.3 Å². The van der Waals surface area contributed by atoms with Gasteiger partial charge in [-0.25, -0.2) is 13.2 Å². The first-order valence-electron chi connectivity index (χ1n) is 9.98. The number of aromatic nitrogens is 1. The highest BCUT2D eigenvalue weighted by molar-refractivity contribution is 6.32. The number of alkyl halides is 5. The molecule has 182 valence electrons. The fraction of sp³-hybridized carbons (Fsp3) is 0.455. The Labute approximate surface area is 193 Å². The fourth-order valence-corrected chi connectivity index (χ4v) is 3.13. The molecule has 5 nitrogen and oxygen atoms in total. The second-order valence-corrected chi connectivity index (χ2v) is 8.84. The second kappa shape index (κ2) is 10.1. The van der Waals surface area contributed by atoms with Crippen molar-refractivity contribution in [1.29, 1.82) is 0 Å². The molecule has 1 aromatic carbocycles. The minimum atomic E-state index is -3.92. The van der Waals surface area contributed by atoms with Crippen molar-refractivity contribution in [3.8, 4) is 0 Å². The molecule has 0 aliphatic heterocycles. The van der Waals surface area contributed by atoms with Gasteiger partial charge in [-0.2, -0.15) is 8.78 Å². The Kier molecular flexibility index (Phi) is 8.16. The number of halogens is 6. The van der Waals surface area contributed by atoms with E-state index in [2.05, 4.69) is 10.6 Å². The minimum absolute atomic E-state index is 0.176. The highest BCUT2D eigenvalue weighted by Crippen LogP contribution is 2.40. The van der Waals surface area contributed by atoms with Crippen LogP contribution in [-0.4, -0.2) is 32.2 Å². The Morgan fingerprint density at radius 2 is 1.85 bits per heavy atom. The zero-order valence-electron chi connectivity index (χ0n) is 18.6. The molecule has 0 unspecified atom stereocenters. The number of pyridine rings is 1. The first-order chi connectivity index (χ1) is 15.2. The summed E-state index contributed by atoms with van der Waals surface area (Å²) < 4.78 is 70.9. The molecule has 1 aromatic heterocycles. The number of hydrogen-bond donors (Lipinski definition) is 2. The first kappa shape index (κ1) is 26.6. The number of nitrogens with one attached hydrogen (secondary N) is 2. The molecule has 0 fully saturated rings. The number of hydrogen-bond acceptors (Lipinski definition) is 3. The number of rotatable bonds is 9. The number of anilines is 2. The van der Waals surface area contributed by atoms with E-state index in [-0.39, 0.29) is 17.8 Å². The number of benzene rings is 1. The number of carbonyl (C=O) groups is 1. The molecular weight excluding hydrogens is 469 g/mol. The van der Waals surface area contributed by atoms with Crippen molar-refractivity contribution in [2.75, 3.05) is 31.0 Å². The Hall–Kier alpha value is -2.62. The van der Waals surface area contributed by atoms with Crippen molar-refractivity contribution in [3.05, 3.63) is 52.8 Å². The van der Waals surface area contributed by atoms with Gasteiger partial charge in [0.05, 0.1) is 10.6 Å². The lowest BCUT2D eigenvalue weighted by atomic mass is 9.86. The van der Waals surface area contributed by atoms with Crippen LogP contribution >= 0.6 is 11.6 Å². The molecule has 0 atom stereocenters. The van der Waals surface area contributed by atoms with Crippen molar-refractivity contribution < 1.29 is 36.3 Å². The highest BCUT2D eigenvalue weighted by Gasteiger charge is 2.42. The van der Waals surface area contributed by atoms with Crippen LogP contribution in [0.5, 0.6) is 0 Å². The molecule has 0 saturated heterocycles. The van der Waals surface area contributed by atoms with E-state index in [0.717, 1.165) is 12.1 Å². The molecule has 0 radical (unpaired) electrons. The summed E-state index contributed by atoms with van der Waals surface area (Å²) in [5.74, 6) is -7.73. The van der Waals surface area contributed by atoms with E-state index >= 15 is 0 Å². The summed E-state index contributed by atoms with van der Waals surface area (Å²) in [6, 6.07) is 4.90. The van der Waals surface area contributed by atoms with Gasteiger partial charge in [-0.05, 0) is 18.2 Å². The third-order valence-electron chi connectivity index (χ3n) is 5.01. The zero-order chi connectivity index (χ0) is 25.0. The monoisotopic (exact) mass is 494 g/mol. The van der Waals surface area contributed by atoms with Gasteiger partial charge >= 0.3 is 5.92 Å². The minimum Gasteiger partial charge on any atom is -0.384 e. The maximum Gasteiger partial charge on any atom is 0.302 e. The summed E-state index contributed by atoms with van der Waals surface area (Å²) in [6.07, 6.45) is 2.40. The topological polar surface area (TPSA) is 54.2 Å². The molecule has 0 spiro atoms. The molecule has 2 rings (SSSR count). The van der Waals surface area contributed by atoms with Crippen LogP contribution in [0.2, 0.25) is 5.02 Å². The van der Waals surface area contributed by atoms with Gasteiger partial charge in [0.2, 0.25) is 12.4 Å². The van der Waals surface area contributed by atoms with Gasteiger partial charge in [0.25, 0.3) is 11.8 Å². The SMILES string of the molecule is CO[n+]1cccc(NC(=O)c2cc(Cl)c(C(F)(F)CF)cc2NCCC(F)(F)C(C)(C)C)c1. The molecule has 0 saturated carbocycles. The lowest BCUT2D eigenvalue weighted by molar-refractivity contribution is -0.885. The molecule has 1 amide bonds. The van der Waals surface area contributed by atoms with Crippen LogP contribution in [-0.2, 0) is 5.92 Å². The summed E-state index contributed by atoms with van der Waals surface area (Å²) in [7, 11) is 1.41. The molecule has 2 aromatic rings. The van der Waals surface area contributed by atoms with Gasteiger partial charge in [0, 0.05) is 40.4 Å². The van der Waals surface area contributed by atoms with E-state index in [0.29, 0.717) is 5.69 Å². The molecule has 1 heterocycles. The van der Waals surface area contributed by atoms with Gasteiger partial charge in [-0.1, -0.05) is 32.4 Å². The van der Waals surface area contributed by atoms with Crippen molar-refractivity contribution >= 4 is 28.9 Å². The average molecular weight is 495 g/mol. The van der Waals surface area contributed by atoms with Crippen LogP contribution < -0.4 is 20.2 Å². The average Bonchev–Trinajstić information content (AvgIpc) is 2.73. The molecule has 2 N–H and O–H groups in total. The summed E-state index contributed by atoms with van der Waals surface area (Å²) in [5, 5.41) is 4.63. The van der Waals surface area contributed by atoms with E-state index in [4.69, 9.17) is 16.4 Å². The Morgan fingerprint density at radius 1 is 1.18 bits per heavy atom. The van der Waals surface area contributed by atoms with Crippen LogP contribution in [0.15, 0.2) is 36.7 Å². The van der Waals surface area contributed by atoms with Crippen molar-refractivity contribution in [2.24, 2.45) is 5.41 Å². The highest BCUT2D eigenvalue weighted by atomic mass is 35.5. The summed E-state index contributed by atoms with van der Waals surface area (Å²) >= 11 is 5.93. The van der Waals surface area contributed by atoms with E-state index in [1.807, 2.05) is 0 Å². The number of nitrogens with zero attached hydrogens (tertiary/aromatic N) is 1. The summed E-state index contributed by atoms with van der Waals surface area (Å²) in [5.41, 5.74) is -2.23. The van der Waals surface area contributed by atoms with Gasteiger partial charge in [0.1, 0.15) is 12.8 Å². The molecule has 33 heavy (non-hydrogen) atoms. The molecule has 0 bridgehead atoms. The predicted molar refractivity (Wildman–Crippen MR) is 116 cm³/mol. The lowest BCUT2D eigenvalue weighted by Crippen LogP contribution is -2.39. The number of carbonyl (C=O) groups excluding carboxylic acids is 1. The Balaban J connectivity index is 2.39. The third-order valence-corrected chi connectivity index (χ3v) is 5.32. The Bertz CT molecular complexity index is 996. The largest absolute Gasteiger partial charge is 0.384 e. The van der Waals surface area contributed by atoms with Crippen LogP contribution in [0.25, 0.3) is 0 Å². The van der Waals surface area contributed by atoms with Crippen molar-refractivity contribution in [2.45, 2.75) is 39.0 Å². The Morgan fingerprint density at radius 3 is 2.42 bits per heavy atom.